The van der Waals surface area contributed by atoms with Crippen molar-refractivity contribution in [1.29, 1.82) is 0 Å². The zero-order valence-electron chi connectivity index (χ0n) is 18.7. The Morgan fingerprint density at radius 3 is 2.63 bits per heavy atom. The fraction of sp³-hybridized carbons (Fsp3) is 0.609. The largest absolute Gasteiger partial charge is 0.357 e. The van der Waals surface area contributed by atoms with Gasteiger partial charge < -0.3 is 20.5 Å². The van der Waals surface area contributed by atoms with Crippen molar-refractivity contribution in [3.63, 3.8) is 0 Å². The van der Waals surface area contributed by atoms with Gasteiger partial charge in [0.15, 0.2) is 5.96 Å². The van der Waals surface area contributed by atoms with Crippen molar-refractivity contribution in [2.24, 2.45) is 4.99 Å². The van der Waals surface area contributed by atoms with Gasteiger partial charge >= 0.3 is 0 Å². The number of nitrogens with zero attached hydrogens (tertiary/aromatic N) is 4. The van der Waals surface area contributed by atoms with Crippen LogP contribution in [0.4, 0.5) is 0 Å². The van der Waals surface area contributed by atoms with Crippen LogP contribution in [-0.4, -0.2) is 45.9 Å². The number of nitrogens with one attached hydrogen (secondary N) is 3. The van der Waals surface area contributed by atoms with Gasteiger partial charge in [-0.05, 0) is 32.3 Å². The van der Waals surface area contributed by atoms with Crippen LogP contribution >= 0.6 is 0 Å². The number of aliphatic imine (C=N–C) groups is 1. The van der Waals surface area contributed by atoms with Crippen molar-refractivity contribution in [1.82, 2.24) is 30.7 Å². The Bertz CT molecular complexity index is 778. The zero-order valence-corrected chi connectivity index (χ0v) is 18.7. The second kappa shape index (κ2) is 11.1. The first-order valence-corrected chi connectivity index (χ1v) is 11.4. The number of aryl methyl sites for hydroxylation is 1. The maximum absolute atomic E-state index is 4.97. The van der Waals surface area contributed by atoms with Crippen LogP contribution < -0.4 is 16.0 Å². The fourth-order valence-corrected chi connectivity index (χ4v) is 4.29. The molecule has 0 saturated heterocycles. The highest BCUT2D eigenvalue weighted by atomic mass is 15.3. The van der Waals surface area contributed by atoms with E-state index in [9.17, 15) is 0 Å². The molecule has 0 aliphatic heterocycles. The molecule has 1 unspecified atom stereocenters. The summed E-state index contributed by atoms with van der Waals surface area (Å²) in [4.78, 5) is 4.97. The van der Waals surface area contributed by atoms with E-state index >= 15 is 0 Å². The van der Waals surface area contributed by atoms with E-state index in [-0.39, 0.29) is 5.54 Å². The van der Waals surface area contributed by atoms with E-state index < -0.39 is 0 Å². The summed E-state index contributed by atoms with van der Waals surface area (Å²) in [6.07, 6.45) is 7.57. The van der Waals surface area contributed by atoms with Gasteiger partial charge in [0, 0.05) is 37.6 Å². The summed E-state index contributed by atoms with van der Waals surface area (Å²) in [5.74, 6) is 1.90. The second-order valence-corrected chi connectivity index (χ2v) is 8.18. The molecule has 0 amide bonds. The summed E-state index contributed by atoms with van der Waals surface area (Å²) in [7, 11) is 0. The van der Waals surface area contributed by atoms with Gasteiger partial charge in [0.25, 0.3) is 0 Å². The number of rotatable bonds is 10. The van der Waals surface area contributed by atoms with E-state index in [1.165, 1.54) is 31.2 Å². The molecule has 1 atom stereocenters. The van der Waals surface area contributed by atoms with Crippen molar-refractivity contribution in [2.75, 3.05) is 19.6 Å². The molecule has 1 fully saturated rings. The molecular formula is C23H37N7. The van der Waals surface area contributed by atoms with Gasteiger partial charge in [-0.15, -0.1) is 10.2 Å². The average Bonchev–Trinajstić information content (AvgIpc) is 3.42. The lowest BCUT2D eigenvalue weighted by molar-refractivity contribution is 0.307. The molecule has 0 bridgehead atoms. The summed E-state index contributed by atoms with van der Waals surface area (Å²) in [6, 6.07) is 11.0. The van der Waals surface area contributed by atoms with Gasteiger partial charge in [-0.1, -0.05) is 50.1 Å². The Kier molecular flexibility index (Phi) is 8.25. The SMILES string of the molecule is CCNC(=NCC1(NC(C)c2ccccc2)CCCC1)NCCn1cnnc1CC. The monoisotopic (exact) mass is 411 g/mol. The van der Waals surface area contributed by atoms with E-state index in [1.54, 1.807) is 6.33 Å². The number of benzene rings is 1. The number of aromatic nitrogens is 3. The Balaban J connectivity index is 1.60. The number of guanidine groups is 1. The smallest absolute Gasteiger partial charge is 0.191 e. The summed E-state index contributed by atoms with van der Waals surface area (Å²) in [6.45, 7) is 9.71. The van der Waals surface area contributed by atoms with Crippen LogP contribution in [0.2, 0.25) is 0 Å². The molecule has 1 saturated carbocycles. The van der Waals surface area contributed by atoms with Crippen molar-refractivity contribution in [3.05, 3.63) is 48.0 Å². The van der Waals surface area contributed by atoms with Gasteiger partial charge in [-0.3, -0.25) is 4.99 Å². The predicted octanol–water partition coefficient (Wildman–Crippen LogP) is 3.06. The minimum Gasteiger partial charge on any atom is -0.357 e. The lowest BCUT2D eigenvalue weighted by Crippen LogP contribution is -2.48. The Morgan fingerprint density at radius 2 is 1.93 bits per heavy atom. The van der Waals surface area contributed by atoms with Crippen LogP contribution in [0, 0.1) is 0 Å². The Hall–Kier alpha value is -2.41. The summed E-state index contributed by atoms with van der Waals surface area (Å²) < 4.78 is 2.10. The molecule has 3 rings (SSSR count). The fourth-order valence-electron chi connectivity index (χ4n) is 4.29. The minimum atomic E-state index is 0.0707. The van der Waals surface area contributed by atoms with E-state index in [4.69, 9.17) is 4.99 Å². The third-order valence-electron chi connectivity index (χ3n) is 5.92. The van der Waals surface area contributed by atoms with Crippen molar-refractivity contribution in [2.45, 2.75) is 71.0 Å². The third-order valence-corrected chi connectivity index (χ3v) is 5.92. The van der Waals surface area contributed by atoms with E-state index in [2.05, 4.69) is 81.8 Å². The maximum Gasteiger partial charge on any atom is 0.191 e. The van der Waals surface area contributed by atoms with Crippen LogP contribution in [0.1, 0.15) is 63.9 Å². The number of hydrogen-bond acceptors (Lipinski definition) is 4. The molecule has 2 aromatic rings. The zero-order chi connectivity index (χ0) is 21.2. The first kappa shape index (κ1) is 22.3. The molecule has 164 valence electrons. The van der Waals surface area contributed by atoms with Crippen LogP contribution in [0.5, 0.6) is 0 Å². The van der Waals surface area contributed by atoms with E-state index in [1.807, 2.05) is 0 Å². The third kappa shape index (κ3) is 6.05. The molecule has 7 heteroatoms. The molecule has 0 radical (unpaired) electrons. The predicted molar refractivity (Wildman–Crippen MR) is 123 cm³/mol. The molecule has 3 N–H and O–H groups in total. The molecule has 1 heterocycles. The highest BCUT2D eigenvalue weighted by molar-refractivity contribution is 5.79. The molecule has 1 aromatic heterocycles. The standard InChI is InChI=1S/C23H37N7/c1-4-21-29-27-18-30(21)16-15-25-22(24-5-2)26-17-23(13-9-10-14-23)28-19(3)20-11-7-6-8-12-20/h6-8,11-12,18-19,28H,4-5,9-10,13-17H2,1-3H3,(H2,24,25,26). The highest BCUT2D eigenvalue weighted by Gasteiger charge is 2.35. The van der Waals surface area contributed by atoms with Gasteiger partial charge in [0.1, 0.15) is 12.2 Å². The topological polar surface area (TPSA) is 79.2 Å². The molecule has 1 aliphatic carbocycles. The first-order chi connectivity index (χ1) is 14.7. The van der Waals surface area contributed by atoms with Crippen LogP contribution in [-0.2, 0) is 13.0 Å². The minimum absolute atomic E-state index is 0.0707. The summed E-state index contributed by atoms with van der Waals surface area (Å²) in [5, 5.41) is 18.9. The van der Waals surface area contributed by atoms with Crippen molar-refractivity contribution < 1.29 is 0 Å². The lowest BCUT2D eigenvalue weighted by Gasteiger charge is -2.33. The second-order valence-electron chi connectivity index (χ2n) is 8.18. The highest BCUT2D eigenvalue weighted by Crippen LogP contribution is 2.32. The Labute approximate surface area is 180 Å². The quantitative estimate of drug-likeness (QED) is 0.414. The van der Waals surface area contributed by atoms with Crippen LogP contribution in [0.3, 0.4) is 0 Å². The molecule has 1 aromatic carbocycles. The molecular weight excluding hydrogens is 374 g/mol. The van der Waals surface area contributed by atoms with E-state index in [0.29, 0.717) is 6.04 Å². The molecule has 1 aliphatic rings. The normalized spacial score (nSPS) is 17.1. The lowest BCUT2D eigenvalue weighted by atomic mass is 9.95. The first-order valence-electron chi connectivity index (χ1n) is 11.4. The van der Waals surface area contributed by atoms with Gasteiger partial charge in [-0.2, -0.15) is 0 Å². The average molecular weight is 412 g/mol. The number of hydrogen-bond donors (Lipinski definition) is 3. The van der Waals surface area contributed by atoms with E-state index in [0.717, 1.165) is 44.4 Å². The molecule has 0 spiro atoms. The van der Waals surface area contributed by atoms with Crippen molar-refractivity contribution >= 4 is 5.96 Å². The van der Waals surface area contributed by atoms with Gasteiger partial charge in [0.05, 0.1) is 6.54 Å². The van der Waals surface area contributed by atoms with Gasteiger partial charge in [-0.25, -0.2) is 0 Å². The summed E-state index contributed by atoms with van der Waals surface area (Å²) in [5.41, 5.74) is 1.40. The van der Waals surface area contributed by atoms with Crippen molar-refractivity contribution in [3.8, 4) is 0 Å². The maximum atomic E-state index is 4.97. The van der Waals surface area contributed by atoms with Crippen LogP contribution in [0.15, 0.2) is 41.7 Å². The summed E-state index contributed by atoms with van der Waals surface area (Å²) >= 11 is 0. The molecule has 7 nitrogen and oxygen atoms in total. The van der Waals surface area contributed by atoms with Gasteiger partial charge in [0.2, 0.25) is 0 Å². The molecule has 30 heavy (non-hydrogen) atoms. The van der Waals surface area contributed by atoms with Crippen LogP contribution in [0.25, 0.3) is 0 Å². The Morgan fingerprint density at radius 1 is 1.17 bits per heavy atom.